The second-order valence-electron chi connectivity index (χ2n) is 5.41. The first-order valence-electron chi connectivity index (χ1n) is 7.33. The summed E-state index contributed by atoms with van der Waals surface area (Å²) in [6, 6.07) is 3.58. The quantitative estimate of drug-likeness (QED) is 0.639. The van der Waals surface area contributed by atoms with E-state index in [0.717, 1.165) is 13.0 Å². The summed E-state index contributed by atoms with van der Waals surface area (Å²) in [6.07, 6.45) is 4.81. The predicted molar refractivity (Wildman–Crippen MR) is 76.2 cm³/mol. The molecule has 1 aliphatic carbocycles. The van der Waals surface area contributed by atoms with Crippen LogP contribution in [-0.2, 0) is 6.54 Å². The molecule has 2 unspecified atom stereocenters. The maximum atomic E-state index is 10.7. The van der Waals surface area contributed by atoms with E-state index in [0.29, 0.717) is 30.8 Å². The molecule has 0 bridgehead atoms. The van der Waals surface area contributed by atoms with Crippen molar-refractivity contribution in [2.75, 3.05) is 13.1 Å². The van der Waals surface area contributed by atoms with Crippen LogP contribution in [-0.4, -0.2) is 29.0 Å². The lowest BCUT2D eigenvalue weighted by Crippen LogP contribution is -2.44. The van der Waals surface area contributed by atoms with Crippen molar-refractivity contribution in [2.24, 2.45) is 11.7 Å². The zero-order valence-corrected chi connectivity index (χ0v) is 12.0. The smallest absolute Gasteiger partial charge is 0.404 e. The molecule has 1 heterocycles. The molecule has 6 heteroatoms. The van der Waals surface area contributed by atoms with E-state index in [1.54, 1.807) is 6.07 Å². The van der Waals surface area contributed by atoms with Gasteiger partial charge in [-0.3, -0.25) is 15.0 Å². The first kappa shape index (κ1) is 15.0. The number of nitrogens with zero attached hydrogens (tertiary/aromatic N) is 2. The van der Waals surface area contributed by atoms with Crippen molar-refractivity contribution in [2.45, 2.75) is 45.2 Å². The summed E-state index contributed by atoms with van der Waals surface area (Å²) in [4.78, 5) is 12.5. The molecule has 20 heavy (non-hydrogen) atoms. The molecule has 1 aromatic heterocycles. The minimum atomic E-state index is -0.497. The lowest BCUT2D eigenvalue weighted by atomic mass is 9.83. The van der Waals surface area contributed by atoms with E-state index < -0.39 is 4.92 Å². The van der Waals surface area contributed by atoms with Gasteiger partial charge in [0.2, 0.25) is 0 Å². The van der Waals surface area contributed by atoms with E-state index in [2.05, 4.69) is 11.8 Å². The maximum absolute atomic E-state index is 10.7. The summed E-state index contributed by atoms with van der Waals surface area (Å²) >= 11 is 0. The van der Waals surface area contributed by atoms with Crippen molar-refractivity contribution in [1.82, 2.24) is 4.90 Å². The molecule has 112 valence electrons. The van der Waals surface area contributed by atoms with Crippen LogP contribution in [0.2, 0.25) is 0 Å². The zero-order valence-electron chi connectivity index (χ0n) is 12.0. The highest BCUT2D eigenvalue weighted by Gasteiger charge is 2.29. The molecule has 1 aliphatic rings. The summed E-state index contributed by atoms with van der Waals surface area (Å²) < 4.78 is 5.27. The van der Waals surface area contributed by atoms with Crippen LogP contribution in [0.1, 0.15) is 38.4 Å². The van der Waals surface area contributed by atoms with Gasteiger partial charge >= 0.3 is 5.88 Å². The SMILES string of the molecule is CCN(Cc1ccc([N+](=O)[O-])o1)C1CCCCC1CN. The summed E-state index contributed by atoms with van der Waals surface area (Å²) in [5.74, 6) is 0.989. The van der Waals surface area contributed by atoms with Crippen LogP contribution >= 0.6 is 0 Å². The van der Waals surface area contributed by atoms with Gasteiger partial charge in [0.25, 0.3) is 0 Å². The minimum Gasteiger partial charge on any atom is -0.404 e. The van der Waals surface area contributed by atoms with Gasteiger partial charge in [-0.2, -0.15) is 0 Å². The third kappa shape index (κ3) is 3.37. The van der Waals surface area contributed by atoms with E-state index in [9.17, 15) is 10.1 Å². The molecule has 1 fully saturated rings. The van der Waals surface area contributed by atoms with Crippen molar-refractivity contribution >= 4 is 5.88 Å². The molecule has 2 N–H and O–H groups in total. The van der Waals surface area contributed by atoms with Gasteiger partial charge in [0.1, 0.15) is 10.7 Å². The molecule has 0 saturated heterocycles. The summed E-state index contributed by atoms with van der Waals surface area (Å²) in [7, 11) is 0. The Bertz CT molecular complexity index is 447. The highest BCUT2D eigenvalue weighted by molar-refractivity contribution is 5.17. The first-order valence-corrected chi connectivity index (χ1v) is 7.33. The lowest BCUT2D eigenvalue weighted by molar-refractivity contribution is -0.402. The third-order valence-corrected chi connectivity index (χ3v) is 4.23. The largest absolute Gasteiger partial charge is 0.433 e. The summed E-state index contributed by atoms with van der Waals surface area (Å²) in [5, 5.41) is 10.7. The Kier molecular flexibility index (Phi) is 5.14. The molecule has 0 radical (unpaired) electrons. The van der Waals surface area contributed by atoms with E-state index in [1.807, 2.05) is 0 Å². The van der Waals surface area contributed by atoms with Crippen molar-refractivity contribution in [3.05, 3.63) is 28.0 Å². The average molecular weight is 281 g/mol. The molecule has 0 spiro atoms. The predicted octanol–water partition coefficient (Wildman–Crippen LogP) is 2.53. The Labute approximate surface area is 119 Å². The van der Waals surface area contributed by atoms with E-state index >= 15 is 0 Å². The van der Waals surface area contributed by atoms with Crippen LogP contribution in [0, 0.1) is 16.0 Å². The van der Waals surface area contributed by atoms with Gasteiger partial charge in [-0.25, -0.2) is 0 Å². The topological polar surface area (TPSA) is 85.5 Å². The average Bonchev–Trinajstić information content (AvgIpc) is 2.93. The molecule has 0 aliphatic heterocycles. The Morgan fingerprint density at radius 2 is 2.20 bits per heavy atom. The second kappa shape index (κ2) is 6.85. The van der Waals surface area contributed by atoms with Gasteiger partial charge in [0.05, 0.1) is 12.6 Å². The fraction of sp³-hybridized carbons (Fsp3) is 0.714. The second-order valence-corrected chi connectivity index (χ2v) is 5.41. The number of rotatable bonds is 6. The summed E-state index contributed by atoms with van der Waals surface area (Å²) in [5.41, 5.74) is 5.88. The van der Waals surface area contributed by atoms with Crippen LogP contribution in [0.3, 0.4) is 0 Å². The highest BCUT2D eigenvalue weighted by Crippen LogP contribution is 2.29. The lowest BCUT2D eigenvalue weighted by Gasteiger charge is -2.38. The Morgan fingerprint density at radius 1 is 1.45 bits per heavy atom. The van der Waals surface area contributed by atoms with Crippen molar-refractivity contribution < 1.29 is 9.34 Å². The molecule has 6 nitrogen and oxygen atoms in total. The van der Waals surface area contributed by atoms with Gasteiger partial charge < -0.3 is 10.2 Å². The maximum Gasteiger partial charge on any atom is 0.433 e. The highest BCUT2D eigenvalue weighted by atomic mass is 16.6. The zero-order chi connectivity index (χ0) is 14.5. The number of nitrogens with two attached hydrogens (primary N) is 1. The van der Waals surface area contributed by atoms with E-state index in [-0.39, 0.29) is 5.88 Å². The molecule has 2 rings (SSSR count). The Hall–Kier alpha value is -1.40. The number of furan rings is 1. The fourth-order valence-electron chi connectivity index (χ4n) is 3.16. The number of hydrogen-bond acceptors (Lipinski definition) is 5. The first-order chi connectivity index (χ1) is 9.65. The molecule has 1 saturated carbocycles. The van der Waals surface area contributed by atoms with E-state index in [1.165, 1.54) is 25.3 Å². The normalized spacial score (nSPS) is 23.1. The van der Waals surface area contributed by atoms with Gasteiger partial charge in [-0.1, -0.05) is 19.8 Å². The Balaban J connectivity index is 2.05. The van der Waals surface area contributed by atoms with Gasteiger partial charge in [0, 0.05) is 6.04 Å². The summed E-state index contributed by atoms with van der Waals surface area (Å²) in [6.45, 7) is 4.33. The standard InChI is InChI=1S/C14H23N3O3/c1-2-16(13-6-4-3-5-11(13)9-15)10-12-7-8-14(20-12)17(18)19/h7-8,11,13H,2-6,9-10,15H2,1H3. The van der Waals surface area contributed by atoms with Crippen molar-refractivity contribution in [1.29, 1.82) is 0 Å². The monoisotopic (exact) mass is 281 g/mol. The number of nitro groups is 1. The van der Waals surface area contributed by atoms with Gasteiger partial charge in [-0.05, 0) is 37.9 Å². The van der Waals surface area contributed by atoms with Crippen molar-refractivity contribution in [3.8, 4) is 0 Å². The van der Waals surface area contributed by atoms with Crippen LogP contribution in [0.25, 0.3) is 0 Å². The van der Waals surface area contributed by atoms with Crippen LogP contribution < -0.4 is 5.73 Å². The molecule has 0 aromatic carbocycles. The molecular weight excluding hydrogens is 258 g/mol. The van der Waals surface area contributed by atoms with Gasteiger partial charge in [0.15, 0.2) is 0 Å². The Morgan fingerprint density at radius 3 is 2.80 bits per heavy atom. The minimum absolute atomic E-state index is 0.185. The fourth-order valence-corrected chi connectivity index (χ4v) is 3.16. The molecule has 1 aromatic rings. The van der Waals surface area contributed by atoms with Crippen LogP contribution in [0.4, 0.5) is 5.88 Å². The molecule has 0 amide bonds. The van der Waals surface area contributed by atoms with Crippen molar-refractivity contribution in [3.63, 3.8) is 0 Å². The molecular formula is C14H23N3O3. The van der Waals surface area contributed by atoms with E-state index in [4.69, 9.17) is 10.2 Å². The molecule has 2 atom stereocenters. The third-order valence-electron chi connectivity index (χ3n) is 4.23. The van der Waals surface area contributed by atoms with Gasteiger partial charge in [-0.15, -0.1) is 0 Å². The van der Waals surface area contributed by atoms with Crippen LogP contribution in [0.15, 0.2) is 16.5 Å². The number of hydrogen-bond donors (Lipinski definition) is 1. The van der Waals surface area contributed by atoms with Crippen LogP contribution in [0.5, 0.6) is 0 Å².